The Morgan fingerprint density at radius 3 is 2.70 bits per heavy atom. The minimum Gasteiger partial charge on any atom is -0.593 e. The zero-order chi connectivity index (χ0) is 30.3. The summed E-state index contributed by atoms with van der Waals surface area (Å²) in [5.41, 5.74) is 0.673. The van der Waals surface area contributed by atoms with Gasteiger partial charge in [-0.05, 0) is 55.3 Å². The summed E-state index contributed by atoms with van der Waals surface area (Å²) in [6, 6.07) is 14.4. The molecule has 1 fully saturated rings. The number of carbonyl (C=O) groups excluding carboxylic acids is 3. The Morgan fingerprint density at radius 2 is 1.88 bits per heavy atom. The highest BCUT2D eigenvalue weighted by atomic mass is 32.3. The minimum atomic E-state index is -3.98. The zero-order valence-corrected chi connectivity index (χ0v) is 23.6. The van der Waals surface area contributed by atoms with Crippen LogP contribution < -0.4 is 30.4 Å². The number of imide groups is 1. The number of para-hydroxylation sites is 1. The van der Waals surface area contributed by atoms with Gasteiger partial charge in [0.15, 0.2) is 26.8 Å². The smallest absolute Gasteiger partial charge is 0.262 e. The molecule has 0 aliphatic carbocycles. The van der Waals surface area contributed by atoms with Crippen LogP contribution in [0.1, 0.15) is 40.6 Å². The number of aromatic nitrogens is 2. The van der Waals surface area contributed by atoms with E-state index in [-0.39, 0.29) is 59.1 Å². The highest BCUT2D eigenvalue weighted by Gasteiger charge is 2.31. The second-order valence-electron chi connectivity index (χ2n) is 10.00. The molecule has 3 heterocycles. The van der Waals surface area contributed by atoms with Crippen molar-refractivity contribution >= 4 is 44.7 Å². The molecule has 2 unspecified atom stereocenters. The van der Waals surface area contributed by atoms with E-state index in [0.29, 0.717) is 17.1 Å². The van der Waals surface area contributed by atoms with Crippen LogP contribution in [-0.2, 0) is 30.7 Å². The number of amides is 3. The number of fused-ring (bicyclic) bond motifs is 2. The number of nitrogens with zero attached hydrogens (tertiary/aromatic N) is 2. The highest BCUT2D eigenvalue weighted by molar-refractivity contribution is 7.95. The van der Waals surface area contributed by atoms with Crippen molar-refractivity contribution in [2.24, 2.45) is 0 Å². The van der Waals surface area contributed by atoms with E-state index in [2.05, 4.69) is 20.3 Å². The Bertz CT molecular complexity index is 1920. The van der Waals surface area contributed by atoms with Crippen LogP contribution in [0.25, 0.3) is 10.9 Å². The van der Waals surface area contributed by atoms with Crippen molar-refractivity contribution < 1.29 is 32.6 Å². The number of carbonyl (C=O) groups is 3. The van der Waals surface area contributed by atoms with Gasteiger partial charge in [-0.3, -0.25) is 29.1 Å². The topological polar surface area (TPSA) is 181 Å². The third kappa shape index (κ3) is 5.50. The zero-order valence-electron chi connectivity index (χ0n) is 22.7. The highest BCUT2D eigenvalue weighted by Crippen LogP contribution is 2.32. The normalized spacial score (nSPS) is 17.4. The standard InChI is InChI=1S/C29H25N5O8S/c1-16-31-26-20(29(38)34(16)22-9-11-25(35)33-28(22)37)6-3-7-21(26)32-27(36)18-4-2-5-19(13-18)43(39,40)30-14-17-8-10-23-24(12-17)42-15-41-23/h2-8,10,12-13,22H,9,11,14-15H2,1H3,(H3-,30,32,33,35,36,37,39,40). The van der Waals surface area contributed by atoms with Gasteiger partial charge >= 0.3 is 0 Å². The minimum absolute atomic E-state index is 0.00717. The van der Waals surface area contributed by atoms with Crippen LogP contribution in [0.2, 0.25) is 0 Å². The number of ether oxygens (including phenoxy) is 2. The van der Waals surface area contributed by atoms with E-state index in [4.69, 9.17) is 9.47 Å². The van der Waals surface area contributed by atoms with E-state index in [0.717, 1.165) is 0 Å². The van der Waals surface area contributed by atoms with Crippen LogP contribution in [0.4, 0.5) is 5.69 Å². The van der Waals surface area contributed by atoms with Gasteiger partial charge in [-0.25, -0.2) is 4.98 Å². The van der Waals surface area contributed by atoms with Crippen molar-refractivity contribution in [3.05, 3.63) is 88.0 Å². The van der Waals surface area contributed by atoms with Crippen molar-refractivity contribution in [1.29, 1.82) is 0 Å². The summed E-state index contributed by atoms with van der Waals surface area (Å²) < 4.78 is 40.4. The number of piperidine rings is 1. The predicted molar refractivity (Wildman–Crippen MR) is 153 cm³/mol. The SMILES string of the molecule is Cc1nc2c(NC(=O)c3cccc([S+](=O)([O-])NCc4ccc5c(c4)OCO5)c3)cccc2c(=O)n1C1CCC(=O)NC1=O. The van der Waals surface area contributed by atoms with Crippen LogP contribution in [0.5, 0.6) is 11.5 Å². The first-order valence-electron chi connectivity index (χ1n) is 13.3. The molecule has 3 aromatic carbocycles. The number of anilines is 1. The van der Waals surface area contributed by atoms with Gasteiger partial charge in [0.1, 0.15) is 17.4 Å². The molecule has 0 radical (unpaired) electrons. The van der Waals surface area contributed by atoms with Crippen molar-refractivity contribution in [3.63, 3.8) is 0 Å². The summed E-state index contributed by atoms with van der Waals surface area (Å²) in [6.45, 7) is 1.66. The molecule has 220 valence electrons. The molecule has 0 bridgehead atoms. The Balaban J connectivity index is 1.22. The van der Waals surface area contributed by atoms with Crippen molar-refractivity contribution in [3.8, 4) is 11.5 Å². The third-order valence-corrected chi connectivity index (χ3v) is 8.59. The fraction of sp³-hybridized carbons (Fsp3) is 0.207. The number of benzene rings is 3. The van der Waals surface area contributed by atoms with Crippen LogP contribution in [0.15, 0.2) is 70.4 Å². The maximum Gasteiger partial charge on any atom is 0.262 e. The number of aryl methyl sites for hydroxylation is 1. The first kappa shape index (κ1) is 28.2. The molecule has 3 amide bonds. The summed E-state index contributed by atoms with van der Waals surface area (Å²) in [4.78, 5) is 55.1. The number of hydrogen-bond acceptors (Lipinski definition) is 9. The molecule has 2 atom stereocenters. The molecule has 0 spiro atoms. The first-order valence-corrected chi connectivity index (χ1v) is 14.7. The van der Waals surface area contributed by atoms with Crippen LogP contribution in [0.3, 0.4) is 0 Å². The Labute approximate surface area is 245 Å². The monoisotopic (exact) mass is 603 g/mol. The average molecular weight is 604 g/mol. The second kappa shape index (κ2) is 11.1. The van der Waals surface area contributed by atoms with E-state index < -0.39 is 39.7 Å². The Hall–Kier alpha value is -4.92. The van der Waals surface area contributed by atoms with Crippen LogP contribution in [-0.4, -0.2) is 38.6 Å². The van der Waals surface area contributed by atoms with Gasteiger partial charge in [-0.15, -0.1) is 4.72 Å². The summed E-state index contributed by atoms with van der Waals surface area (Å²) in [5.74, 6) is -0.245. The van der Waals surface area contributed by atoms with Crippen LogP contribution in [0, 0.1) is 6.92 Å². The number of hydrogen-bond donors (Lipinski definition) is 3. The second-order valence-corrected chi connectivity index (χ2v) is 11.8. The number of sulfonamides is 1. The fourth-order valence-electron chi connectivity index (χ4n) is 5.04. The molecule has 4 aromatic rings. The predicted octanol–water partition coefficient (Wildman–Crippen LogP) is 2.36. The molecule has 6 rings (SSSR count). The van der Waals surface area contributed by atoms with Gasteiger partial charge in [-0.1, -0.05) is 22.4 Å². The van der Waals surface area contributed by atoms with E-state index >= 15 is 0 Å². The maximum atomic E-state index is 13.4. The summed E-state index contributed by atoms with van der Waals surface area (Å²) in [7, 11) is -3.98. The number of rotatable bonds is 7. The lowest BCUT2D eigenvalue weighted by molar-refractivity contribution is -0.135. The van der Waals surface area contributed by atoms with Crippen molar-refractivity contribution in [2.75, 3.05) is 12.1 Å². The molecule has 3 N–H and O–H groups in total. The molecule has 2 aliphatic rings. The van der Waals surface area contributed by atoms with E-state index in [1.165, 1.54) is 34.9 Å². The Kier molecular flexibility index (Phi) is 7.25. The lowest BCUT2D eigenvalue weighted by atomic mass is 10.1. The van der Waals surface area contributed by atoms with Gasteiger partial charge in [-0.2, -0.15) is 0 Å². The summed E-state index contributed by atoms with van der Waals surface area (Å²) in [6.07, 6.45) is 0.263. The first-order chi connectivity index (χ1) is 20.6. The van der Waals surface area contributed by atoms with E-state index in [1.54, 1.807) is 37.3 Å². The average Bonchev–Trinajstić information content (AvgIpc) is 3.46. The fourth-order valence-corrected chi connectivity index (χ4v) is 6.10. The molecule has 0 saturated carbocycles. The van der Waals surface area contributed by atoms with Crippen LogP contribution >= 0.6 is 0 Å². The molecule has 14 heteroatoms. The molecule has 43 heavy (non-hydrogen) atoms. The molecular weight excluding hydrogens is 578 g/mol. The van der Waals surface area contributed by atoms with Gasteiger partial charge in [0, 0.05) is 18.1 Å². The van der Waals surface area contributed by atoms with Crippen molar-refractivity contribution in [1.82, 2.24) is 19.6 Å². The van der Waals surface area contributed by atoms with E-state index in [9.17, 15) is 27.9 Å². The van der Waals surface area contributed by atoms with E-state index in [1.807, 2.05) is 0 Å². The lowest BCUT2D eigenvalue weighted by Gasteiger charge is -2.24. The Morgan fingerprint density at radius 1 is 1.09 bits per heavy atom. The van der Waals surface area contributed by atoms with Gasteiger partial charge in [0.05, 0.1) is 17.6 Å². The van der Waals surface area contributed by atoms with Crippen molar-refractivity contribution in [2.45, 2.75) is 37.2 Å². The molecule has 1 aromatic heterocycles. The van der Waals surface area contributed by atoms with Gasteiger partial charge in [0.2, 0.25) is 18.6 Å². The summed E-state index contributed by atoms with van der Waals surface area (Å²) >= 11 is 0. The molecule has 13 nitrogen and oxygen atoms in total. The summed E-state index contributed by atoms with van der Waals surface area (Å²) in [5, 5.41) is 5.13. The lowest BCUT2D eigenvalue weighted by Crippen LogP contribution is -2.45. The largest absolute Gasteiger partial charge is 0.593 e. The third-order valence-electron chi connectivity index (χ3n) is 7.19. The quantitative estimate of drug-likeness (QED) is 0.211. The molecular formula is C29H25N5O8S. The van der Waals surface area contributed by atoms with Gasteiger partial charge < -0.3 is 19.3 Å². The van der Waals surface area contributed by atoms with Gasteiger partial charge in [0.25, 0.3) is 11.5 Å². The molecule has 1 saturated heterocycles. The number of nitrogens with one attached hydrogen (secondary N) is 3. The molecule has 2 aliphatic heterocycles. The maximum absolute atomic E-state index is 13.4.